The standard InChI is InChI=1S/C19H22FN3O2/c20-16-10-21-18(22-15-7-2-1-3-8-15)23-17(16)13-5-4-6-14(9-13)19(24)11-25-12-19/h4-6,9-10,15,24H,1-3,7-8,11-12H2,(H,21,22,23). The Balaban J connectivity index is 1.61. The second kappa shape index (κ2) is 6.69. The Morgan fingerprint density at radius 3 is 2.72 bits per heavy atom. The summed E-state index contributed by atoms with van der Waals surface area (Å²) in [6, 6.07) is 7.55. The first-order valence-corrected chi connectivity index (χ1v) is 8.84. The van der Waals surface area contributed by atoms with Crippen LogP contribution in [0.2, 0.25) is 0 Å². The number of nitrogens with one attached hydrogen (secondary N) is 1. The van der Waals surface area contributed by atoms with Gasteiger partial charge in [-0.2, -0.15) is 0 Å². The van der Waals surface area contributed by atoms with E-state index in [-0.39, 0.29) is 18.9 Å². The van der Waals surface area contributed by atoms with Crippen molar-refractivity contribution in [2.24, 2.45) is 0 Å². The number of nitrogens with zero attached hydrogens (tertiary/aromatic N) is 2. The van der Waals surface area contributed by atoms with Crippen LogP contribution in [0.4, 0.5) is 10.3 Å². The number of benzene rings is 1. The van der Waals surface area contributed by atoms with Crippen molar-refractivity contribution in [2.45, 2.75) is 43.7 Å². The lowest BCUT2D eigenvalue weighted by atomic mass is 9.90. The fourth-order valence-electron chi connectivity index (χ4n) is 3.49. The smallest absolute Gasteiger partial charge is 0.223 e. The summed E-state index contributed by atoms with van der Waals surface area (Å²) < 4.78 is 19.4. The zero-order valence-electron chi connectivity index (χ0n) is 14.0. The lowest BCUT2D eigenvalue weighted by Crippen LogP contribution is -2.46. The third-order valence-corrected chi connectivity index (χ3v) is 5.04. The molecule has 132 valence electrons. The number of rotatable bonds is 4. The van der Waals surface area contributed by atoms with Gasteiger partial charge in [-0.05, 0) is 24.5 Å². The van der Waals surface area contributed by atoms with Crippen molar-refractivity contribution < 1.29 is 14.2 Å². The maximum absolute atomic E-state index is 14.3. The molecule has 1 aromatic heterocycles. The van der Waals surface area contributed by atoms with Gasteiger partial charge in [-0.25, -0.2) is 14.4 Å². The highest BCUT2D eigenvalue weighted by molar-refractivity contribution is 5.62. The number of ether oxygens (including phenoxy) is 1. The molecule has 2 aliphatic rings. The van der Waals surface area contributed by atoms with Crippen molar-refractivity contribution in [1.82, 2.24) is 9.97 Å². The molecule has 0 radical (unpaired) electrons. The van der Waals surface area contributed by atoms with E-state index >= 15 is 0 Å². The van der Waals surface area contributed by atoms with Crippen molar-refractivity contribution in [3.8, 4) is 11.3 Å². The monoisotopic (exact) mass is 343 g/mol. The van der Waals surface area contributed by atoms with Gasteiger partial charge in [-0.3, -0.25) is 0 Å². The van der Waals surface area contributed by atoms with Crippen LogP contribution in [0.1, 0.15) is 37.7 Å². The molecule has 2 heterocycles. The van der Waals surface area contributed by atoms with Gasteiger partial charge in [0, 0.05) is 11.6 Å². The van der Waals surface area contributed by atoms with Gasteiger partial charge >= 0.3 is 0 Å². The van der Waals surface area contributed by atoms with E-state index in [1.54, 1.807) is 18.2 Å². The number of aliphatic hydroxyl groups is 1. The quantitative estimate of drug-likeness (QED) is 0.892. The highest BCUT2D eigenvalue weighted by Crippen LogP contribution is 2.32. The SMILES string of the molecule is OC1(c2cccc(-c3nc(NC4CCCCC4)ncc3F)c2)COC1. The van der Waals surface area contributed by atoms with Gasteiger partial charge in [0.05, 0.1) is 19.4 Å². The van der Waals surface area contributed by atoms with Crippen molar-refractivity contribution >= 4 is 5.95 Å². The molecule has 4 rings (SSSR count). The van der Waals surface area contributed by atoms with Crippen molar-refractivity contribution in [3.05, 3.63) is 41.8 Å². The van der Waals surface area contributed by atoms with Gasteiger partial charge in [-0.1, -0.05) is 37.5 Å². The molecule has 2 N–H and O–H groups in total. The van der Waals surface area contributed by atoms with E-state index in [0.717, 1.165) is 18.4 Å². The molecule has 1 aromatic carbocycles. The molecule has 1 aliphatic carbocycles. The number of hydrogen-bond acceptors (Lipinski definition) is 5. The zero-order valence-corrected chi connectivity index (χ0v) is 14.0. The summed E-state index contributed by atoms with van der Waals surface area (Å²) in [5.41, 5.74) is 0.613. The second-order valence-electron chi connectivity index (χ2n) is 6.97. The van der Waals surface area contributed by atoms with Crippen molar-refractivity contribution in [2.75, 3.05) is 18.5 Å². The maximum Gasteiger partial charge on any atom is 0.223 e. The summed E-state index contributed by atoms with van der Waals surface area (Å²) in [5.74, 6) is -0.0115. The third kappa shape index (κ3) is 3.37. The molecule has 0 amide bonds. The van der Waals surface area contributed by atoms with Gasteiger partial charge in [0.15, 0.2) is 5.82 Å². The molecule has 0 unspecified atom stereocenters. The van der Waals surface area contributed by atoms with Crippen LogP contribution >= 0.6 is 0 Å². The van der Waals surface area contributed by atoms with Crippen LogP contribution in [-0.2, 0) is 10.3 Å². The summed E-state index contributed by atoms with van der Waals surface area (Å²) in [6.07, 6.45) is 7.08. The van der Waals surface area contributed by atoms with E-state index < -0.39 is 11.4 Å². The summed E-state index contributed by atoms with van der Waals surface area (Å²) in [4.78, 5) is 8.48. The fraction of sp³-hybridized carbons (Fsp3) is 0.474. The zero-order chi connectivity index (χ0) is 17.3. The number of halogens is 1. The normalized spacial score (nSPS) is 20.1. The molecule has 6 heteroatoms. The minimum absolute atomic E-state index is 0.249. The Hall–Kier alpha value is -2.05. The first kappa shape index (κ1) is 16.4. The molecule has 0 atom stereocenters. The van der Waals surface area contributed by atoms with Gasteiger partial charge in [-0.15, -0.1) is 0 Å². The molecule has 5 nitrogen and oxygen atoms in total. The molecule has 0 bridgehead atoms. The minimum Gasteiger partial charge on any atom is -0.380 e. The number of hydrogen-bond donors (Lipinski definition) is 2. The number of aromatic nitrogens is 2. The van der Waals surface area contributed by atoms with Gasteiger partial charge in [0.1, 0.15) is 11.3 Å². The summed E-state index contributed by atoms with van der Waals surface area (Å²) >= 11 is 0. The van der Waals surface area contributed by atoms with E-state index in [0.29, 0.717) is 17.6 Å². The topological polar surface area (TPSA) is 67.3 Å². The van der Waals surface area contributed by atoms with E-state index in [9.17, 15) is 9.50 Å². The van der Waals surface area contributed by atoms with E-state index in [1.807, 2.05) is 6.07 Å². The van der Waals surface area contributed by atoms with E-state index in [4.69, 9.17) is 4.74 Å². The van der Waals surface area contributed by atoms with Crippen LogP contribution in [0, 0.1) is 5.82 Å². The highest BCUT2D eigenvalue weighted by Gasteiger charge is 2.38. The minimum atomic E-state index is -0.983. The Morgan fingerprint density at radius 2 is 2.00 bits per heavy atom. The first-order valence-electron chi connectivity index (χ1n) is 8.84. The lowest BCUT2D eigenvalue weighted by molar-refractivity contribution is -0.184. The third-order valence-electron chi connectivity index (χ3n) is 5.04. The fourth-order valence-corrected chi connectivity index (χ4v) is 3.49. The average molecular weight is 343 g/mol. The van der Waals surface area contributed by atoms with Gasteiger partial charge < -0.3 is 15.2 Å². The van der Waals surface area contributed by atoms with Crippen LogP contribution in [0.3, 0.4) is 0 Å². The molecule has 1 aliphatic heterocycles. The Bertz CT molecular complexity index is 758. The lowest BCUT2D eigenvalue weighted by Gasteiger charge is -2.36. The van der Waals surface area contributed by atoms with Crippen LogP contribution in [-0.4, -0.2) is 34.3 Å². The summed E-state index contributed by atoms with van der Waals surface area (Å²) in [6.45, 7) is 0.522. The second-order valence-corrected chi connectivity index (χ2v) is 6.97. The Kier molecular flexibility index (Phi) is 4.39. The van der Waals surface area contributed by atoms with Crippen molar-refractivity contribution in [1.29, 1.82) is 0 Å². The highest BCUT2D eigenvalue weighted by atomic mass is 19.1. The average Bonchev–Trinajstić information content (AvgIpc) is 2.62. The van der Waals surface area contributed by atoms with Crippen LogP contribution in [0.15, 0.2) is 30.5 Å². The Morgan fingerprint density at radius 1 is 1.20 bits per heavy atom. The van der Waals surface area contributed by atoms with E-state index in [2.05, 4.69) is 15.3 Å². The molecule has 0 spiro atoms. The molecule has 2 aromatic rings. The van der Waals surface area contributed by atoms with Crippen LogP contribution < -0.4 is 5.32 Å². The predicted octanol–water partition coefficient (Wildman–Crippen LogP) is 3.25. The summed E-state index contributed by atoms with van der Waals surface area (Å²) in [5, 5.41) is 13.8. The largest absolute Gasteiger partial charge is 0.380 e. The van der Waals surface area contributed by atoms with Gasteiger partial charge in [0.25, 0.3) is 0 Å². The molecule has 2 fully saturated rings. The van der Waals surface area contributed by atoms with Gasteiger partial charge in [0.2, 0.25) is 5.95 Å². The molecular formula is C19H22FN3O2. The maximum atomic E-state index is 14.3. The van der Waals surface area contributed by atoms with Crippen LogP contribution in [0.5, 0.6) is 0 Å². The predicted molar refractivity (Wildman–Crippen MR) is 92.6 cm³/mol. The van der Waals surface area contributed by atoms with E-state index in [1.165, 1.54) is 25.5 Å². The molecule has 25 heavy (non-hydrogen) atoms. The van der Waals surface area contributed by atoms with Crippen molar-refractivity contribution in [3.63, 3.8) is 0 Å². The molecule has 1 saturated heterocycles. The summed E-state index contributed by atoms with van der Waals surface area (Å²) in [7, 11) is 0. The molecular weight excluding hydrogens is 321 g/mol. The van der Waals surface area contributed by atoms with Crippen LogP contribution in [0.25, 0.3) is 11.3 Å². The Labute approximate surface area is 146 Å². The number of anilines is 1. The molecule has 1 saturated carbocycles. The first-order chi connectivity index (χ1) is 12.1.